The minimum Gasteiger partial charge on any atom is -0.495 e. The minimum atomic E-state index is -0.0207. The molecule has 0 aromatic heterocycles. The van der Waals surface area contributed by atoms with Crippen molar-refractivity contribution in [1.29, 1.82) is 0 Å². The summed E-state index contributed by atoms with van der Waals surface area (Å²) in [6.07, 6.45) is 0. The lowest BCUT2D eigenvalue weighted by molar-refractivity contribution is 0.0936. The van der Waals surface area contributed by atoms with E-state index in [-0.39, 0.29) is 11.7 Å². The lowest BCUT2D eigenvalue weighted by atomic mass is 9.99. The third-order valence-corrected chi connectivity index (χ3v) is 2.77. The second-order valence-corrected chi connectivity index (χ2v) is 4.70. The van der Waals surface area contributed by atoms with Crippen molar-refractivity contribution in [2.45, 2.75) is 20.8 Å². The number of aryl methyl sites for hydroxylation is 1. The number of Topliss-reactive ketones (excluding diaryl/α,β-unsaturated/α-hetero) is 1. The number of ether oxygens (including phenoxy) is 1. The Bertz CT molecular complexity index is 383. The normalized spacial score (nSPS) is 10.5. The van der Waals surface area contributed by atoms with Gasteiger partial charge < -0.3 is 4.74 Å². The Morgan fingerprint density at radius 2 is 2.00 bits per heavy atom. The summed E-state index contributed by atoms with van der Waals surface area (Å²) in [5.74, 6) is 0.711. The number of benzene rings is 1. The van der Waals surface area contributed by atoms with E-state index in [1.54, 1.807) is 7.11 Å². The molecular formula is C12H15BrO2. The summed E-state index contributed by atoms with van der Waals surface area (Å²) in [5, 5.41) is 0. The van der Waals surface area contributed by atoms with Gasteiger partial charge in [-0.2, -0.15) is 0 Å². The van der Waals surface area contributed by atoms with Crippen LogP contribution in [0.4, 0.5) is 0 Å². The van der Waals surface area contributed by atoms with Crippen molar-refractivity contribution in [3.63, 3.8) is 0 Å². The molecule has 0 bridgehead atoms. The van der Waals surface area contributed by atoms with Crippen LogP contribution >= 0.6 is 15.9 Å². The van der Waals surface area contributed by atoms with E-state index < -0.39 is 0 Å². The van der Waals surface area contributed by atoms with E-state index in [1.165, 1.54) is 0 Å². The zero-order chi connectivity index (χ0) is 11.6. The largest absolute Gasteiger partial charge is 0.495 e. The van der Waals surface area contributed by atoms with E-state index in [0.29, 0.717) is 11.3 Å². The molecule has 0 radical (unpaired) electrons. The molecule has 2 nitrogen and oxygen atoms in total. The van der Waals surface area contributed by atoms with Gasteiger partial charge in [0.15, 0.2) is 5.78 Å². The number of ketones is 1. The summed E-state index contributed by atoms with van der Waals surface area (Å²) >= 11 is 3.40. The van der Waals surface area contributed by atoms with Crippen LogP contribution in [0.2, 0.25) is 0 Å². The highest BCUT2D eigenvalue weighted by Gasteiger charge is 2.18. The fraction of sp³-hybridized carbons (Fsp3) is 0.417. The summed E-state index contributed by atoms with van der Waals surface area (Å²) in [6, 6.07) is 3.81. The van der Waals surface area contributed by atoms with Crippen molar-refractivity contribution in [3.05, 3.63) is 27.7 Å². The van der Waals surface area contributed by atoms with Crippen LogP contribution in [0.1, 0.15) is 29.8 Å². The Morgan fingerprint density at radius 1 is 1.40 bits per heavy atom. The van der Waals surface area contributed by atoms with Gasteiger partial charge in [-0.15, -0.1) is 0 Å². The number of hydrogen-bond donors (Lipinski definition) is 0. The van der Waals surface area contributed by atoms with E-state index in [2.05, 4.69) is 15.9 Å². The topological polar surface area (TPSA) is 26.3 Å². The van der Waals surface area contributed by atoms with Crippen molar-refractivity contribution >= 4 is 21.7 Å². The predicted molar refractivity (Wildman–Crippen MR) is 64.6 cm³/mol. The number of carbonyl (C=O) groups is 1. The highest BCUT2D eigenvalue weighted by Crippen LogP contribution is 2.31. The van der Waals surface area contributed by atoms with Crippen LogP contribution in [0.5, 0.6) is 5.75 Å². The van der Waals surface area contributed by atoms with Gasteiger partial charge in [-0.25, -0.2) is 0 Å². The SMILES string of the molecule is COc1c(Br)cc(C)cc1C(=O)C(C)C. The van der Waals surface area contributed by atoms with E-state index in [4.69, 9.17) is 4.74 Å². The Kier molecular flexibility index (Phi) is 3.91. The van der Waals surface area contributed by atoms with Crippen LogP contribution in [-0.2, 0) is 0 Å². The second-order valence-electron chi connectivity index (χ2n) is 3.85. The molecule has 0 amide bonds. The van der Waals surface area contributed by atoms with Gasteiger partial charge in [0.2, 0.25) is 0 Å². The average molecular weight is 271 g/mol. The molecule has 82 valence electrons. The molecule has 0 saturated heterocycles. The molecule has 0 aliphatic rings. The molecule has 0 aliphatic carbocycles. The zero-order valence-electron chi connectivity index (χ0n) is 9.43. The molecule has 0 saturated carbocycles. The van der Waals surface area contributed by atoms with Crippen molar-refractivity contribution in [2.75, 3.05) is 7.11 Å². The number of rotatable bonds is 3. The van der Waals surface area contributed by atoms with Crippen molar-refractivity contribution in [2.24, 2.45) is 5.92 Å². The first kappa shape index (κ1) is 12.2. The molecule has 1 rings (SSSR count). The standard InChI is InChI=1S/C12H15BrO2/c1-7(2)11(14)9-5-8(3)6-10(13)12(9)15-4/h5-7H,1-4H3. The number of hydrogen-bond acceptors (Lipinski definition) is 2. The molecule has 15 heavy (non-hydrogen) atoms. The smallest absolute Gasteiger partial charge is 0.169 e. The molecule has 0 spiro atoms. The second kappa shape index (κ2) is 4.79. The van der Waals surface area contributed by atoms with Crippen LogP contribution in [0.3, 0.4) is 0 Å². The first-order valence-electron chi connectivity index (χ1n) is 4.85. The zero-order valence-corrected chi connectivity index (χ0v) is 11.0. The Balaban J connectivity index is 3.32. The molecule has 1 aromatic carbocycles. The van der Waals surface area contributed by atoms with Gasteiger partial charge in [0.25, 0.3) is 0 Å². The first-order valence-corrected chi connectivity index (χ1v) is 5.65. The maximum absolute atomic E-state index is 11.9. The Labute approximate surface area is 98.8 Å². The quantitative estimate of drug-likeness (QED) is 0.785. The summed E-state index contributed by atoms with van der Waals surface area (Å²) in [6.45, 7) is 5.73. The van der Waals surface area contributed by atoms with Crippen molar-refractivity contribution < 1.29 is 9.53 Å². The third kappa shape index (κ3) is 2.59. The van der Waals surface area contributed by atoms with Gasteiger partial charge in [0.05, 0.1) is 17.1 Å². The van der Waals surface area contributed by atoms with Crippen LogP contribution in [0.25, 0.3) is 0 Å². The van der Waals surface area contributed by atoms with E-state index in [0.717, 1.165) is 10.0 Å². The van der Waals surface area contributed by atoms with E-state index in [9.17, 15) is 4.79 Å². The fourth-order valence-electron chi connectivity index (χ4n) is 1.43. The molecule has 0 atom stereocenters. The van der Waals surface area contributed by atoms with Crippen molar-refractivity contribution in [3.8, 4) is 5.75 Å². The molecule has 0 aliphatic heterocycles. The van der Waals surface area contributed by atoms with Crippen LogP contribution < -0.4 is 4.74 Å². The van der Waals surface area contributed by atoms with Crippen LogP contribution in [0, 0.1) is 12.8 Å². The van der Waals surface area contributed by atoms with Crippen LogP contribution in [0.15, 0.2) is 16.6 Å². The summed E-state index contributed by atoms with van der Waals surface area (Å²) in [4.78, 5) is 11.9. The minimum absolute atomic E-state index is 0.0207. The third-order valence-electron chi connectivity index (χ3n) is 2.18. The highest BCUT2D eigenvalue weighted by atomic mass is 79.9. The first-order chi connectivity index (χ1) is 6.97. The Hall–Kier alpha value is -0.830. The molecule has 1 aromatic rings. The molecule has 0 unspecified atom stereocenters. The van der Waals surface area contributed by atoms with Crippen molar-refractivity contribution in [1.82, 2.24) is 0 Å². The summed E-state index contributed by atoms with van der Waals surface area (Å²) in [7, 11) is 1.58. The summed E-state index contributed by atoms with van der Waals surface area (Å²) < 4.78 is 6.06. The van der Waals surface area contributed by atoms with Gasteiger partial charge in [-0.1, -0.05) is 13.8 Å². The van der Waals surface area contributed by atoms with Gasteiger partial charge in [0, 0.05) is 5.92 Å². The van der Waals surface area contributed by atoms with E-state index in [1.807, 2.05) is 32.9 Å². The maximum Gasteiger partial charge on any atom is 0.169 e. The fourth-order valence-corrected chi connectivity index (χ4v) is 2.17. The molecule has 0 heterocycles. The monoisotopic (exact) mass is 270 g/mol. The maximum atomic E-state index is 11.9. The lowest BCUT2D eigenvalue weighted by Crippen LogP contribution is -2.09. The van der Waals surface area contributed by atoms with Gasteiger partial charge in [0.1, 0.15) is 5.75 Å². The number of methoxy groups -OCH3 is 1. The summed E-state index contributed by atoms with van der Waals surface area (Å²) in [5.41, 5.74) is 1.70. The predicted octanol–water partition coefficient (Wildman–Crippen LogP) is 3.60. The molecular weight excluding hydrogens is 256 g/mol. The van der Waals surface area contributed by atoms with E-state index >= 15 is 0 Å². The molecule has 0 fully saturated rings. The lowest BCUT2D eigenvalue weighted by Gasteiger charge is -2.12. The molecule has 0 N–H and O–H groups in total. The van der Waals surface area contributed by atoms with Gasteiger partial charge in [-0.3, -0.25) is 4.79 Å². The van der Waals surface area contributed by atoms with Gasteiger partial charge >= 0.3 is 0 Å². The van der Waals surface area contributed by atoms with Gasteiger partial charge in [-0.05, 0) is 40.5 Å². The van der Waals surface area contributed by atoms with Crippen LogP contribution in [-0.4, -0.2) is 12.9 Å². The average Bonchev–Trinajstić information content (AvgIpc) is 2.15. The highest BCUT2D eigenvalue weighted by molar-refractivity contribution is 9.10. The Morgan fingerprint density at radius 3 is 2.47 bits per heavy atom. The molecule has 3 heteroatoms. The number of halogens is 1. The number of carbonyl (C=O) groups excluding carboxylic acids is 1.